The molecule has 0 spiro atoms. The predicted molar refractivity (Wildman–Crippen MR) is 68.8 cm³/mol. The molecule has 0 aliphatic carbocycles. The second kappa shape index (κ2) is 4.83. The van der Waals surface area contributed by atoms with Gasteiger partial charge in [0, 0.05) is 11.6 Å². The van der Waals surface area contributed by atoms with Gasteiger partial charge in [-0.25, -0.2) is 0 Å². The number of nitrogen functional groups attached to an aromatic ring is 1. The van der Waals surface area contributed by atoms with Crippen molar-refractivity contribution in [2.45, 2.75) is 6.92 Å². The zero-order valence-corrected chi connectivity index (χ0v) is 10.2. The Hall–Kier alpha value is -2.43. The van der Waals surface area contributed by atoms with Crippen LogP contribution in [0.25, 0.3) is 0 Å². The van der Waals surface area contributed by atoms with Gasteiger partial charge in [0.2, 0.25) is 0 Å². The Morgan fingerprint density at radius 2 is 2.17 bits per heavy atom. The molecule has 1 aromatic heterocycles. The summed E-state index contributed by atoms with van der Waals surface area (Å²) in [6.07, 6.45) is 1.47. The molecule has 3 N–H and O–H groups in total. The van der Waals surface area contributed by atoms with E-state index >= 15 is 0 Å². The van der Waals surface area contributed by atoms with Crippen LogP contribution in [0.15, 0.2) is 34.9 Å². The van der Waals surface area contributed by atoms with Gasteiger partial charge in [0.25, 0.3) is 5.91 Å². The normalized spacial score (nSPS) is 10.1. The predicted octanol–water partition coefficient (Wildman–Crippen LogP) is 2.43. The third-order valence-corrected chi connectivity index (χ3v) is 2.58. The molecule has 0 aliphatic rings. The molecule has 5 heteroatoms. The standard InChI is InChI=1S/C13H14N2O3/c1-8-5-6-18-12(8)13(16)15-11-4-3-9(17-2)7-10(11)14/h3-7H,14H2,1-2H3,(H,15,16). The highest BCUT2D eigenvalue weighted by atomic mass is 16.5. The first-order chi connectivity index (χ1) is 8.61. The fourth-order valence-electron chi connectivity index (χ4n) is 1.57. The Balaban J connectivity index is 2.20. The largest absolute Gasteiger partial charge is 0.497 e. The number of nitrogens with two attached hydrogens (primary N) is 1. The van der Waals surface area contributed by atoms with E-state index in [1.54, 1.807) is 38.3 Å². The van der Waals surface area contributed by atoms with Gasteiger partial charge in [-0.1, -0.05) is 0 Å². The van der Waals surface area contributed by atoms with Crippen LogP contribution < -0.4 is 15.8 Å². The first-order valence-corrected chi connectivity index (χ1v) is 5.41. The number of carbonyl (C=O) groups excluding carboxylic acids is 1. The molecule has 2 rings (SSSR count). The van der Waals surface area contributed by atoms with Gasteiger partial charge in [-0.05, 0) is 25.1 Å². The molecule has 0 atom stereocenters. The van der Waals surface area contributed by atoms with Gasteiger partial charge < -0.3 is 20.2 Å². The summed E-state index contributed by atoms with van der Waals surface area (Å²) in [5.74, 6) is 0.597. The molecule has 18 heavy (non-hydrogen) atoms. The quantitative estimate of drug-likeness (QED) is 0.815. The minimum atomic E-state index is -0.325. The van der Waals surface area contributed by atoms with Crippen LogP contribution in [0.4, 0.5) is 11.4 Å². The van der Waals surface area contributed by atoms with Crippen molar-refractivity contribution in [1.82, 2.24) is 0 Å². The highest BCUT2D eigenvalue weighted by molar-refractivity contribution is 6.04. The van der Waals surface area contributed by atoms with Crippen molar-refractivity contribution < 1.29 is 13.9 Å². The summed E-state index contributed by atoms with van der Waals surface area (Å²) >= 11 is 0. The van der Waals surface area contributed by atoms with Crippen LogP contribution in [0.1, 0.15) is 16.1 Å². The average Bonchev–Trinajstić information content (AvgIpc) is 2.78. The van der Waals surface area contributed by atoms with Gasteiger partial charge in [0.15, 0.2) is 5.76 Å². The van der Waals surface area contributed by atoms with E-state index in [4.69, 9.17) is 14.9 Å². The lowest BCUT2D eigenvalue weighted by Crippen LogP contribution is -2.13. The average molecular weight is 246 g/mol. The van der Waals surface area contributed by atoms with Gasteiger partial charge in [-0.3, -0.25) is 4.79 Å². The minimum absolute atomic E-state index is 0.283. The summed E-state index contributed by atoms with van der Waals surface area (Å²) in [4.78, 5) is 11.9. The van der Waals surface area contributed by atoms with Crippen LogP contribution in [0.2, 0.25) is 0 Å². The molecule has 94 valence electrons. The summed E-state index contributed by atoms with van der Waals surface area (Å²) in [5.41, 5.74) is 7.55. The lowest BCUT2D eigenvalue weighted by molar-refractivity contribution is 0.0996. The van der Waals surface area contributed by atoms with Crippen molar-refractivity contribution in [3.05, 3.63) is 41.9 Å². The van der Waals surface area contributed by atoms with Crippen LogP contribution in [-0.2, 0) is 0 Å². The number of aryl methyl sites for hydroxylation is 1. The van der Waals surface area contributed by atoms with Gasteiger partial charge in [-0.2, -0.15) is 0 Å². The van der Waals surface area contributed by atoms with Crippen molar-refractivity contribution in [2.75, 3.05) is 18.2 Å². The number of amides is 1. The molecule has 0 unspecified atom stereocenters. The topological polar surface area (TPSA) is 77.5 Å². The summed E-state index contributed by atoms with van der Waals surface area (Å²) in [7, 11) is 1.55. The molecule has 0 saturated carbocycles. The molecule has 0 aliphatic heterocycles. The van der Waals surface area contributed by atoms with Crippen molar-refractivity contribution >= 4 is 17.3 Å². The molecular weight excluding hydrogens is 232 g/mol. The van der Waals surface area contributed by atoms with Gasteiger partial charge in [0.05, 0.1) is 24.7 Å². The smallest absolute Gasteiger partial charge is 0.291 e. The Kier molecular flexibility index (Phi) is 3.23. The molecule has 0 bridgehead atoms. The van der Waals surface area contributed by atoms with E-state index in [1.165, 1.54) is 6.26 Å². The third kappa shape index (κ3) is 2.29. The van der Waals surface area contributed by atoms with Crippen molar-refractivity contribution in [3.63, 3.8) is 0 Å². The number of carbonyl (C=O) groups is 1. The zero-order chi connectivity index (χ0) is 13.1. The molecule has 1 amide bonds. The monoisotopic (exact) mass is 246 g/mol. The summed E-state index contributed by atoms with van der Waals surface area (Å²) < 4.78 is 10.1. The highest BCUT2D eigenvalue weighted by Crippen LogP contribution is 2.24. The maximum atomic E-state index is 11.9. The first-order valence-electron chi connectivity index (χ1n) is 5.41. The maximum Gasteiger partial charge on any atom is 0.291 e. The van der Waals surface area contributed by atoms with E-state index in [1.807, 2.05) is 0 Å². The highest BCUT2D eigenvalue weighted by Gasteiger charge is 2.14. The zero-order valence-electron chi connectivity index (χ0n) is 10.2. The molecule has 2 aromatic rings. The van der Waals surface area contributed by atoms with Crippen LogP contribution >= 0.6 is 0 Å². The fraction of sp³-hybridized carbons (Fsp3) is 0.154. The number of ether oxygens (including phenoxy) is 1. The Labute approximate surface area is 105 Å². The third-order valence-electron chi connectivity index (χ3n) is 2.58. The van der Waals surface area contributed by atoms with E-state index < -0.39 is 0 Å². The van der Waals surface area contributed by atoms with Crippen molar-refractivity contribution in [1.29, 1.82) is 0 Å². The molecule has 0 fully saturated rings. The van der Waals surface area contributed by atoms with E-state index in [9.17, 15) is 4.79 Å². The van der Waals surface area contributed by atoms with E-state index in [0.29, 0.717) is 17.1 Å². The fourth-order valence-corrected chi connectivity index (χ4v) is 1.57. The summed E-state index contributed by atoms with van der Waals surface area (Å²) in [5, 5.41) is 2.69. The molecule has 1 heterocycles. The summed E-state index contributed by atoms with van der Waals surface area (Å²) in [6, 6.07) is 6.78. The van der Waals surface area contributed by atoms with Crippen LogP contribution in [0, 0.1) is 6.92 Å². The Bertz CT molecular complexity index is 575. The number of hydrogen-bond acceptors (Lipinski definition) is 4. The van der Waals surface area contributed by atoms with Crippen LogP contribution in [0.3, 0.4) is 0 Å². The first kappa shape index (κ1) is 12.0. The number of benzene rings is 1. The molecular formula is C13H14N2O3. The lowest BCUT2D eigenvalue weighted by Gasteiger charge is -2.08. The Morgan fingerprint density at radius 3 is 2.72 bits per heavy atom. The van der Waals surface area contributed by atoms with Gasteiger partial charge in [-0.15, -0.1) is 0 Å². The second-order valence-corrected chi connectivity index (χ2v) is 3.84. The number of methoxy groups -OCH3 is 1. The number of nitrogens with one attached hydrogen (secondary N) is 1. The van der Waals surface area contributed by atoms with Gasteiger partial charge >= 0.3 is 0 Å². The summed E-state index contributed by atoms with van der Waals surface area (Å²) in [6.45, 7) is 1.80. The SMILES string of the molecule is COc1ccc(NC(=O)c2occc2C)c(N)c1. The van der Waals surface area contributed by atoms with Crippen LogP contribution in [0.5, 0.6) is 5.75 Å². The second-order valence-electron chi connectivity index (χ2n) is 3.84. The Morgan fingerprint density at radius 1 is 1.39 bits per heavy atom. The van der Waals surface area contributed by atoms with Crippen LogP contribution in [-0.4, -0.2) is 13.0 Å². The van der Waals surface area contributed by atoms with E-state index in [0.717, 1.165) is 5.56 Å². The van der Waals surface area contributed by atoms with E-state index in [-0.39, 0.29) is 11.7 Å². The lowest BCUT2D eigenvalue weighted by atomic mass is 10.2. The molecule has 1 aromatic carbocycles. The van der Waals surface area contributed by atoms with Gasteiger partial charge in [0.1, 0.15) is 5.75 Å². The molecule has 0 radical (unpaired) electrons. The van der Waals surface area contributed by atoms with Crippen molar-refractivity contribution in [2.24, 2.45) is 0 Å². The molecule has 5 nitrogen and oxygen atoms in total. The van der Waals surface area contributed by atoms with Crippen molar-refractivity contribution in [3.8, 4) is 5.75 Å². The molecule has 0 saturated heterocycles. The minimum Gasteiger partial charge on any atom is -0.497 e. The number of rotatable bonds is 3. The van der Waals surface area contributed by atoms with E-state index in [2.05, 4.69) is 5.32 Å². The maximum absolute atomic E-state index is 11.9. The number of hydrogen-bond donors (Lipinski definition) is 2. The number of anilines is 2. The number of furan rings is 1.